The normalized spacial score (nSPS) is 10.7. The van der Waals surface area contributed by atoms with Gasteiger partial charge in [0.2, 0.25) is 0 Å². The first-order valence-electron chi connectivity index (χ1n) is 7.62. The number of carbonyl (C=O) groups is 3. The van der Waals surface area contributed by atoms with Crippen LogP contribution in [0.1, 0.15) is 15.9 Å². The summed E-state index contributed by atoms with van der Waals surface area (Å²) in [4.78, 5) is 36.7. The minimum atomic E-state index is -4.32. The lowest BCUT2D eigenvalue weighted by atomic mass is 10.2. The molecule has 0 fully saturated rings. The summed E-state index contributed by atoms with van der Waals surface area (Å²) in [5, 5.41) is 2.32. The van der Waals surface area contributed by atoms with E-state index in [1.54, 1.807) is 34.5 Å². The molecular formula is C17H17N3O6S. The average molecular weight is 391 g/mol. The van der Waals surface area contributed by atoms with E-state index >= 15 is 0 Å². The van der Waals surface area contributed by atoms with E-state index in [9.17, 15) is 22.8 Å². The standard InChI is InChI=1S/C17H17N3O6S/c1-11-7-9-12(10-8-11)18-15(21)16(22)19-20-27(24,25)14-6-4-3-5-13(14)17(23)26-2/h3-10,20H,1-2H3,(H,18,21)(H,19,22). The Kier molecular flexibility index (Phi) is 6.27. The number of aryl methyl sites for hydroxylation is 1. The van der Waals surface area contributed by atoms with Crippen LogP contribution in [-0.2, 0) is 24.3 Å². The highest BCUT2D eigenvalue weighted by molar-refractivity contribution is 7.89. The zero-order valence-corrected chi connectivity index (χ0v) is 15.3. The van der Waals surface area contributed by atoms with Gasteiger partial charge in [-0.2, -0.15) is 0 Å². The van der Waals surface area contributed by atoms with Crippen molar-refractivity contribution in [1.29, 1.82) is 0 Å². The molecule has 0 aromatic heterocycles. The molecule has 0 aliphatic carbocycles. The lowest BCUT2D eigenvalue weighted by molar-refractivity contribution is -0.136. The zero-order valence-electron chi connectivity index (χ0n) is 14.5. The van der Waals surface area contributed by atoms with E-state index in [4.69, 9.17) is 0 Å². The number of nitrogens with one attached hydrogen (secondary N) is 3. The van der Waals surface area contributed by atoms with Gasteiger partial charge in [-0.1, -0.05) is 29.8 Å². The molecule has 0 aliphatic rings. The first kappa shape index (κ1) is 20.1. The number of esters is 1. The Morgan fingerprint density at radius 2 is 1.56 bits per heavy atom. The van der Waals surface area contributed by atoms with E-state index in [2.05, 4.69) is 10.1 Å². The molecule has 27 heavy (non-hydrogen) atoms. The number of methoxy groups -OCH3 is 1. The van der Waals surface area contributed by atoms with Crippen LogP contribution in [0.5, 0.6) is 0 Å². The Hall–Kier alpha value is -3.24. The smallest absolute Gasteiger partial charge is 0.339 e. The number of anilines is 1. The maximum absolute atomic E-state index is 12.3. The number of rotatable bonds is 5. The van der Waals surface area contributed by atoms with Crippen molar-refractivity contribution in [3.05, 3.63) is 59.7 Å². The molecule has 0 spiro atoms. The van der Waals surface area contributed by atoms with Gasteiger partial charge in [0.25, 0.3) is 10.0 Å². The van der Waals surface area contributed by atoms with Crippen LogP contribution >= 0.6 is 0 Å². The van der Waals surface area contributed by atoms with Gasteiger partial charge in [-0.3, -0.25) is 15.0 Å². The summed E-state index contributed by atoms with van der Waals surface area (Å²) in [6, 6.07) is 11.9. The molecule has 0 heterocycles. The molecule has 2 rings (SSSR count). The summed E-state index contributed by atoms with van der Waals surface area (Å²) in [5.74, 6) is -3.16. The predicted molar refractivity (Wildman–Crippen MR) is 96.1 cm³/mol. The molecule has 0 saturated heterocycles. The number of hydrogen-bond donors (Lipinski definition) is 3. The highest BCUT2D eigenvalue weighted by Crippen LogP contribution is 2.15. The average Bonchev–Trinajstić information content (AvgIpc) is 2.67. The third-order valence-corrected chi connectivity index (χ3v) is 4.70. The number of benzene rings is 2. The first-order chi connectivity index (χ1) is 12.7. The second-order valence-corrected chi connectivity index (χ2v) is 7.02. The van der Waals surface area contributed by atoms with E-state index in [1.807, 2.05) is 6.92 Å². The molecule has 10 heteroatoms. The van der Waals surface area contributed by atoms with Gasteiger partial charge in [0.05, 0.1) is 17.6 Å². The first-order valence-corrected chi connectivity index (χ1v) is 9.10. The lowest BCUT2D eigenvalue weighted by Gasteiger charge is -2.11. The van der Waals surface area contributed by atoms with Gasteiger partial charge < -0.3 is 10.1 Å². The molecular weight excluding hydrogens is 374 g/mol. The summed E-state index contributed by atoms with van der Waals surface area (Å²) < 4.78 is 29.2. The Balaban J connectivity index is 2.06. The number of sulfonamides is 1. The highest BCUT2D eigenvalue weighted by Gasteiger charge is 2.24. The predicted octanol–water partition coefficient (Wildman–Crippen LogP) is 0.730. The van der Waals surface area contributed by atoms with Crippen molar-refractivity contribution in [2.45, 2.75) is 11.8 Å². The van der Waals surface area contributed by atoms with Gasteiger partial charge in [0, 0.05) is 5.69 Å². The van der Waals surface area contributed by atoms with Crippen molar-refractivity contribution in [1.82, 2.24) is 10.3 Å². The summed E-state index contributed by atoms with van der Waals surface area (Å²) in [7, 11) is -3.21. The molecule has 142 valence electrons. The van der Waals surface area contributed by atoms with Crippen LogP contribution in [0.15, 0.2) is 53.4 Å². The van der Waals surface area contributed by atoms with Crippen LogP contribution in [0.2, 0.25) is 0 Å². The molecule has 0 radical (unpaired) electrons. The zero-order chi connectivity index (χ0) is 20.0. The van der Waals surface area contributed by atoms with Crippen molar-refractivity contribution in [3.8, 4) is 0 Å². The molecule has 3 N–H and O–H groups in total. The van der Waals surface area contributed by atoms with E-state index in [0.717, 1.165) is 18.7 Å². The van der Waals surface area contributed by atoms with E-state index < -0.39 is 32.7 Å². The van der Waals surface area contributed by atoms with E-state index in [1.165, 1.54) is 18.2 Å². The number of carbonyl (C=O) groups excluding carboxylic acids is 3. The molecule has 0 unspecified atom stereocenters. The second kappa shape index (κ2) is 8.43. The van der Waals surface area contributed by atoms with Crippen molar-refractivity contribution in [2.75, 3.05) is 12.4 Å². The van der Waals surface area contributed by atoms with Gasteiger partial charge in [0.15, 0.2) is 0 Å². The quantitative estimate of drug-likeness (QED) is 0.391. The van der Waals surface area contributed by atoms with Crippen LogP contribution in [0, 0.1) is 6.92 Å². The van der Waals surface area contributed by atoms with E-state index in [0.29, 0.717) is 5.69 Å². The van der Waals surface area contributed by atoms with Crippen LogP contribution in [0.25, 0.3) is 0 Å². The molecule has 0 aliphatic heterocycles. The minimum Gasteiger partial charge on any atom is -0.465 e. The summed E-state index contributed by atoms with van der Waals surface area (Å²) >= 11 is 0. The highest BCUT2D eigenvalue weighted by atomic mass is 32.2. The van der Waals surface area contributed by atoms with Gasteiger partial charge in [-0.15, -0.1) is 4.83 Å². The number of hydrogen-bond acceptors (Lipinski definition) is 6. The second-order valence-electron chi connectivity index (χ2n) is 5.37. The maximum atomic E-state index is 12.3. The van der Waals surface area contributed by atoms with Crippen LogP contribution < -0.4 is 15.6 Å². The number of hydrazine groups is 1. The minimum absolute atomic E-state index is 0.217. The van der Waals surface area contributed by atoms with Gasteiger partial charge in [-0.25, -0.2) is 13.2 Å². The van der Waals surface area contributed by atoms with Gasteiger partial charge in [-0.05, 0) is 31.2 Å². The molecule has 2 amide bonds. The summed E-state index contributed by atoms with van der Waals surface area (Å²) in [6.07, 6.45) is 0. The van der Waals surface area contributed by atoms with Gasteiger partial charge in [0.1, 0.15) is 0 Å². The van der Waals surface area contributed by atoms with Gasteiger partial charge >= 0.3 is 17.8 Å². The van der Waals surface area contributed by atoms with Crippen molar-refractivity contribution < 1.29 is 27.5 Å². The third-order valence-electron chi connectivity index (χ3n) is 3.40. The molecule has 0 bridgehead atoms. The fourth-order valence-corrected chi connectivity index (χ4v) is 3.07. The van der Waals surface area contributed by atoms with Crippen LogP contribution in [0.4, 0.5) is 5.69 Å². The van der Waals surface area contributed by atoms with Crippen molar-refractivity contribution in [3.63, 3.8) is 0 Å². The maximum Gasteiger partial charge on any atom is 0.339 e. The van der Waals surface area contributed by atoms with Crippen molar-refractivity contribution >= 4 is 33.5 Å². The Morgan fingerprint density at radius 1 is 0.926 bits per heavy atom. The summed E-state index contributed by atoms with van der Waals surface area (Å²) in [5.41, 5.74) is 2.92. The molecule has 0 saturated carbocycles. The largest absolute Gasteiger partial charge is 0.465 e. The molecule has 2 aromatic rings. The molecule has 9 nitrogen and oxygen atoms in total. The SMILES string of the molecule is COC(=O)c1ccccc1S(=O)(=O)NNC(=O)C(=O)Nc1ccc(C)cc1. The fraction of sp³-hybridized carbons (Fsp3) is 0.118. The Morgan fingerprint density at radius 3 is 2.19 bits per heavy atom. The Bertz CT molecular complexity index is 970. The molecule has 2 aromatic carbocycles. The monoisotopic (exact) mass is 391 g/mol. The Labute approximate surface area is 155 Å². The lowest BCUT2D eigenvalue weighted by Crippen LogP contribution is -2.46. The third kappa shape index (κ3) is 5.12. The van der Waals surface area contributed by atoms with Crippen LogP contribution in [-0.4, -0.2) is 33.3 Å². The molecule has 0 atom stereocenters. The van der Waals surface area contributed by atoms with E-state index in [-0.39, 0.29) is 5.56 Å². The summed E-state index contributed by atoms with van der Waals surface area (Å²) in [6.45, 7) is 1.86. The van der Waals surface area contributed by atoms with Crippen LogP contribution in [0.3, 0.4) is 0 Å². The van der Waals surface area contributed by atoms with Crippen molar-refractivity contribution in [2.24, 2.45) is 0 Å². The topological polar surface area (TPSA) is 131 Å². The number of ether oxygens (including phenoxy) is 1. The fourth-order valence-electron chi connectivity index (χ4n) is 2.03. The number of amides is 2.